The number of carbonyl (C=O) groups is 1. The van der Waals surface area contributed by atoms with Crippen molar-refractivity contribution in [2.75, 3.05) is 11.9 Å². The predicted octanol–water partition coefficient (Wildman–Crippen LogP) is 4.94. The number of anilines is 1. The number of hydrogen-bond donors (Lipinski definition) is 2. The second-order valence-corrected chi connectivity index (χ2v) is 6.61. The van der Waals surface area contributed by atoms with Gasteiger partial charge in [-0.05, 0) is 48.9 Å². The predicted molar refractivity (Wildman–Crippen MR) is 94.8 cm³/mol. The van der Waals surface area contributed by atoms with Crippen LogP contribution in [0.4, 0.5) is 14.5 Å². The van der Waals surface area contributed by atoms with Crippen LogP contribution in [0.5, 0.6) is 0 Å². The lowest BCUT2D eigenvalue weighted by Crippen LogP contribution is -2.30. The topological polar surface area (TPSA) is 41.1 Å². The summed E-state index contributed by atoms with van der Waals surface area (Å²) in [5.41, 5.74) is 1.60. The maximum Gasteiger partial charge on any atom is 0.288 e. The lowest BCUT2D eigenvalue weighted by Gasteiger charge is -2.14. The maximum absolute atomic E-state index is 12.2. The molecule has 2 rings (SSSR count). The average Bonchev–Trinajstić information content (AvgIpc) is 2.54. The average molecular weight is 371 g/mol. The summed E-state index contributed by atoms with van der Waals surface area (Å²) in [6.45, 7) is 2.09. The zero-order valence-electron chi connectivity index (χ0n) is 12.9. The van der Waals surface area contributed by atoms with Crippen LogP contribution >= 0.6 is 23.4 Å². The third kappa shape index (κ3) is 6.11. The summed E-state index contributed by atoms with van der Waals surface area (Å²) in [4.78, 5) is 12.4. The van der Waals surface area contributed by atoms with Crippen LogP contribution in [0, 0.1) is 0 Å². The first kappa shape index (κ1) is 18.7. The van der Waals surface area contributed by atoms with Crippen LogP contribution in [0.3, 0.4) is 0 Å². The van der Waals surface area contributed by atoms with E-state index in [0.717, 1.165) is 5.56 Å². The smallest absolute Gasteiger partial charge is 0.288 e. The van der Waals surface area contributed by atoms with Gasteiger partial charge in [-0.2, -0.15) is 8.78 Å². The quantitative estimate of drug-likeness (QED) is 0.678. The van der Waals surface area contributed by atoms with Gasteiger partial charge in [-0.3, -0.25) is 4.79 Å². The van der Waals surface area contributed by atoms with Gasteiger partial charge >= 0.3 is 0 Å². The summed E-state index contributed by atoms with van der Waals surface area (Å²) in [6, 6.07) is 13.7. The fraction of sp³-hybridized carbons (Fsp3) is 0.235. The summed E-state index contributed by atoms with van der Waals surface area (Å²) < 4.78 is 24.5. The standard InChI is InChI=1S/C17H17ClF2N2OS/c1-11(12-2-4-13(18)5-3-12)21-10-16(23)22-14-6-8-15(9-7-14)24-17(19)20/h2-9,11,17,21H,10H2,1H3,(H,22,23)/t11-/m1/s1. The number of thioether (sulfide) groups is 1. The van der Waals surface area contributed by atoms with E-state index < -0.39 is 5.76 Å². The molecule has 2 aromatic rings. The van der Waals surface area contributed by atoms with Crippen molar-refractivity contribution < 1.29 is 13.6 Å². The number of nitrogens with one attached hydrogen (secondary N) is 2. The summed E-state index contributed by atoms with van der Waals surface area (Å²) in [7, 11) is 0. The van der Waals surface area contributed by atoms with Crippen molar-refractivity contribution in [3.63, 3.8) is 0 Å². The molecule has 0 unspecified atom stereocenters. The van der Waals surface area contributed by atoms with E-state index in [-0.39, 0.29) is 18.5 Å². The van der Waals surface area contributed by atoms with E-state index in [2.05, 4.69) is 10.6 Å². The highest BCUT2D eigenvalue weighted by molar-refractivity contribution is 7.99. The van der Waals surface area contributed by atoms with Gasteiger partial charge in [0.25, 0.3) is 5.76 Å². The molecule has 0 saturated heterocycles. The monoisotopic (exact) mass is 370 g/mol. The van der Waals surface area contributed by atoms with Gasteiger partial charge in [0.2, 0.25) is 5.91 Å². The van der Waals surface area contributed by atoms with Crippen molar-refractivity contribution in [1.29, 1.82) is 0 Å². The Labute approximate surface area is 148 Å². The Kier molecular flexibility index (Phi) is 7.02. The van der Waals surface area contributed by atoms with Gasteiger partial charge in [-0.15, -0.1) is 0 Å². The second kappa shape index (κ2) is 9.01. The molecule has 0 fully saturated rings. The number of alkyl halides is 2. The third-order valence-corrected chi connectivity index (χ3v) is 4.28. The van der Waals surface area contributed by atoms with Crippen LogP contribution in [-0.4, -0.2) is 18.2 Å². The SMILES string of the molecule is C[C@@H](NCC(=O)Nc1ccc(SC(F)F)cc1)c1ccc(Cl)cc1. The first-order valence-corrected chi connectivity index (χ1v) is 8.53. The number of carbonyl (C=O) groups excluding carboxylic acids is 1. The molecule has 24 heavy (non-hydrogen) atoms. The molecule has 3 nitrogen and oxygen atoms in total. The highest BCUT2D eigenvalue weighted by atomic mass is 35.5. The van der Waals surface area contributed by atoms with E-state index >= 15 is 0 Å². The molecule has 1 atom stereocenters. The Bertz CT molecular complexity index is 665. The van der Waals surface area contributed by atoms with E-state index in [1.807, 2.05) is 19.1 Å². The first-order chi connectivity index (χ1) is 11.4. The summed E-state index contributed by atoms with van der Waals surface area (Å²) in [5, 5.41) is 6.50. The van der Waals surface area contributed by atoms with Crippen LogP contribution in [0.15, 0.2) is 53.4 Å². The Balaban J connectivity index is 1.81. The number of amides is 1. The van der Waals surface area contributed by atoms with Gasteiger partial charge in [0, 0.05) is 21.6 Å². The third-order valence-electron chi connectivity index (χ3n) is 3.30. The van der Waals surface area contributed by atoms with Gasteiger partial charge in [-0.25, -0.2) is 0 Å². The molecule has 0 aliphatic heterocycles. The molecule has 128 valence electrons. The summed E-state index contributed by atoms with van der Waals surface area (Å²) >= 11 is 6.32. The molecule has 0 radical (unpaired) electrons. The number of rotatable bonds is 7. The number of halogens is 3. The minimum atomic E-state index is -2.45. The Morgan fingerprint density at radius 1 is 1.12 bits per heavy atom. The summed E-state index contributed by atoms with van der Waals surface area (Å²) in [6.07, 6.45) is 0. The minimum Gasteiger partial charge on any atom is -0.325 e. The fourth-order valence-corrected chi connectivity index (χ4v) is 2.66. The first-order valence-electron chi connectivity index (χ1n) is 7.27. The van der Waals surface area contributed by atoms with Gasteiger partial charge < -0.3 is 10.6 Å². The molecular weight excluding hydrogens is 354 g/mol. The molecule has 1 amide bonds. The zero-order valence-corrected chi connectivity index (χ0v) is 14.5. The molecule has 7 heteroatoms. The molecule has 2 N–H and O–H groups in total. The molecule has 0 aliphatic carbocycles. The zero-order chi connectivity index (χ0) is 17.5. The number of benzene rings is 2. The highest BCUT2D eigenvalue weighted by Crippen LogP contribution is 2.26. The van der Waals surface area contributed by atoms with E-state index in [9.17, 15) is 13.6 Å². The van der Waals surface area contributed by atoms with E-state index in [4.69, 9.17) is 11.6 Å². The van der Waals surface area contributed by atoms with Crippen LogP contribution in [0.2, 0.25) is 5.02 Å². The highest BCUT2D eigenvalue weighted by Gasteiger charge is 2.09. The van der Waals surface area contributed by atoms with Crippen molar-refractivity contribution in [1.82, 2.24) is 5.32 Å². The van der Waals surface area contributed by atoms with Crippen LogP contribution < -0.4 is 10.6 Å². The Hall–Kier alpha value is -1.63. The van der Waals surface area contributed by atoms with Crippen molar-refractivity contribution in [3.05, 3.63) is 59.1 Å². The fourth-order valence-electron chi connectivity index (χ4n) is 2.04. The van der Waals surface area contributed by atoms with E-state index in [0.29, 0.717) is 27.4 Å². The molecule has 0 spiro atoms. The molecule has 0 aliphatic rings. The lowest BCUT2D eigenvalue weighted by molar-refractivity contribution is -0.115. The number of hydrogen-bond acceptors (Lipinski definition) is 3. The van der Waals surface area contributed by atoms with Crippen LogP contribution in [-0.2, 0) is 4.79 Å². The van der Waals surface area contributed by atoms with Gasteiger partial charge in [-0.1, -0.05) is 35.5 Å². The normalized spacial score (nSPS) is 12.2. The van der Waals surface area contributed by atoms with E-state index in [1.165, 1.54) is 0 Å². The Morgan fingerprint density at radius 3 is 2.33 bits per heavy atom. The molecule has 2 aromatic carbocycles. The molecule has 0 heterocycles. The summed E-state index contributed by atoms with van der Waals surface area (Å²) in [5.74, 6) is -2.66. The Morgan fingerprint density at radius 2 is 1.75 bits per heavy atom. The van der Waals surface area contributed by atoms with Crippen molar-refractivity contribution in [2.45, 2.75) is 23.6 Å². The van der Waals surface area contributed by atoms with Gasteiger partial charge in [0.15, 0.2) is 0 Å². The van der Waals surface area contributed by atoms with E-state index in [1.54, 1.807) is 36.4 Å². The van der Waals surface area contributed by atoms with Gasteiger partial charge in [0.1, 0.15) is 0 Å². The van der Waals surface area contributed by atoms with Gasteiger partial charge in [0.05, 0.1) is 6.54 Å². The lowest BCUT2D eigenvalue weighted by atomic mass is 10.1. The van der Waals surface area contributed by atoms with Crippen molar-refractivity contribution in [2.24, 2.45) is 0 Å². The largest absolute Gasteiger partial charge is 0.325 e. The van der Waals surface area contributed by atoms with Crippen molar-refractivity contribution >= 4 is 35.0 Å². The molecule has 0 aromatic heterocycles. The molecule has 0 bridgehead atoms. The maximum atomic E-state index is 12.2. The molecular formula is C17H17ClF2N2OS. The minimum absolute atomic E-state index is 0.00201. The van der Waals surface area contributed by atoms with Crippen LogP contribution in [0.1, 0.15) is 18.5 Å². The molecule has 0 saturated carbocycles. The van der Waals surface area contributed by atoms with Crippen LogP contribution in [0.25, 0.3) is 0 Å². The van der Waals surface area contributed by atoms with Crippen molar-refractivity contribution in [3.8, 4) is 0 Å². The second-order valence-electron chi connectivity index (χ2n) is 5.11.